The molecule has 1 fully saturated rings. The molecular formula is C25H25FN8O4. The van der Waals surface area contributed by atoms with Crippen molar-refractivity contribution in [3.8, 4) is 0 Å². The molecule has 1 aliphatic heterocycles. The van der Waals surface area contributed by atoms with Crippen molar-refractivity contribution in [3.63, 3.8) is 0 Å². The van der Waals surface area contributed by atoms with Crippen molar-refractivity contribution < 1.29 is 14.0 Å². The molecule has 0 atom stereocenters. The van der Waals surface area contributed by atoms with Crippen LogP contribution in [0, 0.1) is 5.82 Å². The highest BCUT2D eigenvalue weighted by atomic mass is 19.1. The van der Waals surface area contributed by atoms with Crippen LogP contribution in [0.15, 0.2) is 58.5 Å². The van der Waals surface area contributed by atoms with Crippen molar-refractivity contribution in [1.82, 2.24) is 28.6 Å². The Morgan fingerprint density at radius 3 is 2.45 bits per heavy atom. The lowest BCUT2D eigenvalue weighted by Gasteiger charge is -2.36. The minimum atomic E-state index is -0.534. The van der Waals surface area contributed by atoms with Crippen molar-refractivity contribution >= 4 is 34.5 Å². The summed E-state index contributed by atoms with van der Waals surface area (Å²) in [4.78, 5) is 62.1. The Labute approximate surface area is 215 Å². The number of amides is 2. The van der Waals surface area contributed by atoms with Crippen LogP contribution in [0.1, 0.15) is 10.4 Å². The second-order valence-electron chi connectivity index (χ2n) is 8.99. The van der Waals surface area contributed by atoms with Crippen molar-refractivity contribution in [1.29, 1.82) is 0 Å². The monoisotopic (exact) mass is 520 g/mol. The van der Waals surface area contributed by atoms with E-state index in [1.807, 2.05) is 6.07 Å². The number of halogens is 1. The van der Waals surface area contributed by atoms with Crippen LogP contribution in [0.3, 0.4) is 0 Å². The fourth-order valence-electron chi connectivity index (χ4n) is 4.47. The minimum Gasteiger partial charge on any atom is -0.367 e. The maximum Gasteiger partial charge on any atom is 0.332 e. The van der Waals surface area contributed by atoms with E-state index in [9.17, 15) is 23.6 Å². The van der Waals surface area contributed by atoms with Gasteiger partial charge in [-0.3, -0.25) is 23.5 Å². The topological polar surface area (TPSA) is 127 Å². The van der Waals surface area contributed by atoms with E-state index in [4.69, 9.17) is 0 Å². The van der Waals surface area contributed by atoms with E-state index in [2.05, 4.69) is 20.2 Å². The number of aryl methyl sites for hydroxylation is 1. The molecule has 5 rings (SSSR count). The Bertz CT molecular complexity index is 1650. The molecule has 1 aromatic carbocycles. The molecule has 0 saturated carbocycles. The van der Waals surface area contributed by atoms with Gasteiger partial charge in [-0.05, 0) is 30.3 Å². The van der Waals surface area contributed by atoms with Gasteiger partial charge in [-0.2, -0.15) is 0 Å². The summed E-state index contributed by atoms with van der Waals surface area (Å²) in [6.45, 7) is 1.95. The van der Waals surface area contributed by atoms with Gasteiger partial charge in [-0.1, -0.05) is 6.07 Å². The second-order valence-corrected chi connectivity index (χ2v) is 8.99. The number of carbonyl (C=O) groups excluding carboxylic acids is 2. The predicted molar refractivity (Wildman–Crippen MR) is 138 cm³/mol. The number of piperazine rings is 1. The van der Waals surface area contributed by atoms with Crippen molar-refractivity contribution in [2.75, 3.05) is 36.4 Å². The van der Waals surface area contributed by atoms with Crippen molar-refractivity contribution in [2.45, 2.75) is 6.54 Å². The van der Waals surface area contributed by atoms with Crippen LogP contribution in [0.5, 0.6) is 0 Å². The number of nitrogens with one attached hydrogen (secondary N) is 1. The quantitative estimate of drug-likeness (QED) is 0.408. The van der Waals surface area contributed by atoms with Gasteiger partial charge in [-0.15, -0.1) is 0 Å². The number of carbonyl (C=O) groups is 2. The van der Waals surface area contributed by atoms with Gasteiger partial charge in [0.1, 0.15) is 18.2 Å². The van der Waals surface area contributed by atoms with Gasteiger partial charge in [-0.25, -0.2) is 19.2 Å². The lowest BCUT2D eigenvalue weighted by molar-refractivity contribution is -0.116. The third-order valence-corrected chi connectivity index (χ3v) is 6.55. The highest BCUT2D eigenvalue weighted by Gasteiger charge is 2.23. The smallest absolute Gasteiger partial charge is 0.332 e. The zero-order valence-electron chi connectivity index (χ0n) is 20.8. The lowest BCUT2D eigenvalue weighted by atomic mass is 10.1. The highest BCUT2D eigenvalue weighted by Crippen LogP contribution is 2.19. The number of imidazole rings is 1. The summed E-state index contributed by atoms with van der Waals surface area (Å²) in [7, 11) is 2.88. The van der Waals surface area contributed by atoms with Gasteiger partial charge < -0.3 is 19.7 Å². The molecule has 0 radical (unpaired) electrons. The summed E-state index contributed by atoms with van der Waals surface area (Å²) < 4.78 is 17.1. The molecule has 0 aliphatic carbocycles. The molecule has 38 heavy (non-hydrogen) atoms. The van der Waals surface area contributed by atoms with E-state index in [1.165, 1.54) is 47.8 Å². The SMILES string of the molecule is Cn1c(=O)c2c(ncn2CC(=O)Nc2ccc(N3CCN(C(=O)c4cccc(F)c4)CC3)cn2)n(C)c1=O. The highest BCUT2D eigenvalue weighted by molar-refractivity contribution is 5.94. The molecule has 0 bridgehead atoms. The fraction of sp³-hybridized carbons (Fsp3) is 0.280. The number of hydrogen-bond acceptors (Lipinski definition) is 7. The number of anilines is 2. The van der Waals surface area contributed by atoms with E-state index >= 15 is 0 Å². The summed E-state index contributed by atoms with van der Waals surface area (Å²) in [6.07, 6.45) is 2.98. The first-order valence-corrected chi connectivity index (χ1v) is 11.9. The average Bonchev–Trinajstić information content (AvgIpc) is 3.34. The number of fused-ring (bicyclic) bond motifs is 1. The first-order chi connectivity index (χ1) is 18.2. The molecule has 13 heteroatoms. The van der Waals surface area contributed by atoms with E-state index in [-0.39, 0.29) is 23.6 Å². The Kier molecular flexibility index (Phi) is 6.49. The number of nitrogens with zero attached hydrogens (tertiary/aromatic N) is 7. The number of aromatic nitrogens is 5. The zero-order chi connectivity index (χ0) is 27.0. The summed E-state index contributed by atoms with van der Waals surface area (Å²) in [5.74, 6) is -0.721. The van der Waals surface area contributed by atoms with E-state index < -0.39 is 23.0 Å². The van der Waals surface area contributed by atoms with E-state index in [0.717, 1.165) is 10.3 Å². The summed E-state index contributed by atoms with van der Waals surface area (Å²) in [6, 6.07) is 9.17. The van der Waals surface area contributed by atoms with Gasteiger partial charge >= 0.3 is 5.69 Å². The van der Waals surface area contributed by atoms with Crippen molar-refractivity contribution in [3.05, 3.63) is 81.1 Å². The molecule has 196 valence electrons. The van der Waals surface area contributed by atoms with Crippen LogP contribution < -0.4 is 21.5 Å². The number of hydrogen-bond donors (Lipinski definition) is 1. The molecule has 4 heterocycles. The van der Waals surface area contributed by atoms with Gasteiger partial charge in [0, 0.05) is 45.8 Å². The number of benzene rings is 1. The van der Waals surface area contributed by atoms with Crippen LogP contribution >= 0.6 is 0 Å². The molecule has 4 aromatic rings. The Morgan fingerprint density at radius 1 is 1.00 bits per heavy atom. The summed E-state index contributed by atoms with van der Waals surface area (Å²) in [5.41, 5.74) is 0.489. The first kappa shape index (κ1) is 24.9. The summed E-state index contributed by atoms with van der Waals surface area (Å²) >= 11 is 0. The lowest BCUT2D eigenvalue weighted by Crippen LogP contribution is -2.48. The van der Waals surface area contributed by atoms with Crippen LogP contribution in [0.4, 0.5) is 15.9 Å². The third-order valence-electron chi connectivity index (χ3n) is 6.55. The molecule has 3 aromatic heterocycles. The van der Waals surface area contributed by atoms with E-state index in [0.29, 0.717) is 37.6 Å². The molecule has 0 unspecified atom stereocenters. The minimum absolute atomic E-state index is 0.156. The standard InChI is InChI=1S/C25H25FN8O4/c1-30-22-21(24(37)31(2)25(30)38)34(15-28-22)14-20(35)29-19-7-6-18(13-27-19)32-8-10-33(11-9-32)23(36)16-4-3-5-17(26)12-16/h3-7,12-13,15H,8-11,14H2,1-2H3,(H,27,29,35). The van der Waals surface area contributed by atoms with Crippen molar-refractivity contribution in [2.24, 2.45) is 14.1 Å². The van der Waals surface area contributed by atoms with Gasteiger partial charge in [0.15, 0.2) is 11.2 Å². The van der Waals surface area contributed by atoms with Crippen LogP contribution in [-0.2, 0) is 25.4 Å². The normalized spacial score (nSPS) is 13.7. The number of rotatable bonds is 5. The average molecular weight is 521 g/mol. The molecule has 0 spiro atoms. The van der Waals surface area contributed by atoms with Crippen LogP contribution in [0.25, 0.3) is 11.2 Å². The van der Waals surface area contributed by atoms with Crippen LogP contribution in [-0.4, -0.2) is 66.6 Å². The van der Waals surface area contributed by atoms with Gasteiger partial charge in [0.2, 0.25) is 5.91 Å². The third kappa shape index (κ3) is 4.65. The molecule has 1 N–H and O–H groups in total. The number of pyridine rings is 1. The Balaban J connectivity index is 1.20. The molecule has 1 saturated heterocycles. The maximum absolute atomic E-state index is 13.5. The molecule has 12 nitrogen and oxygen atoms in total. The molecule has 2 amide bonds. The van der Waals surface area contributed by atoms with E-state index in [1.54, 1.807) is 23.2 Å². The molecule has 1 aliphatic rings. The summed E-state index contributed by atoms with van der Waals surface area (Å²) in [5, 5.41) is 2.70. The maximum atomic E-state index is 13.5. The Morgan fingerprint density at radius 2 is 1.76 bits per heavy atom. The fourth-order valence-corrected chi connectivity index (χ4v) is 4.47. The predicted octanol–water partition coefficient (Wildman–Crippen LogP) is 0.569. The largest absolute Gasteiger partial charge is 0.367 e. The Hall–Kier alpha value is -4.81. The van der Waals surface area contributed by atoms with Crippen LogP contribution in [0.2, 0.25) is 0 Å². The van der Waals surface area contributed by atoms with Gasteiger partial charge in [0.05, 0.1) is 18.2 Å². The second kappa shape index (κ2) is 9.92. The molecular weight excluding hydrogens is 495 g/mol. The van der Waals surface area contributed by atoms with Gasteiger partial charge in [0.25, 0.3) is 11.5 Å². The first-order valence-electron chi connectivity index (χ1n) is 11.9. The zero-order valence-corrected chi connectivity index (χ0v) is 20.8.